The molecule has 118 valence electrons. The Bertz CT molecular complexity index is 414. The van der Waals surface area contributed by atoms with Crippen molar-refractivity contribution in [3.05, 3.63) is 0 Å². The van der Waals surface area contributed by atoms with Gasteiger partial charge in [0.05, 0.1) is 12.0 Å². The Morgan fingerprint density at radius 3 is 1.86 bits per heavy atom. The molecule has 0 aromatic rings. The summed E-state index contributed by atoms with van der Waals surface area (Å²) >= 11 is 0. The van der Waals surface area contributed by atoms with Crippen LogP contribution in [0.5, 0.6) is 0 Å². The van der Waals surface area contributed by atoms with Crippen molar-refractivity contribution in [1.29, 1.82) is 5.26 Å². The SMILES string of the molecule is CC1CC(F)C(C(=O)C2CC(F)C(C#N)C(F)C2)C(F)C1. The lowest BCUT2D eigenvalue weighted by atomic mass is 9.70. The summed E-state index contributed by atoms with van der Waals surface area (Å²) in [6.45, 7) is 1.72. The molecule has 0 amide bonds. The van der Waals surface area contributed by atoms with Crippen LogP contribution in [0, 0.1) is 35.0 Å². The minimum absolute atomic E-state index is 0.0997. The van der Waals surface area contributed by atoms with E-state index in [1.54, 1.807) is 13.0 Å². The van der Waals surface area contributed by atoms with Crippen LogP contribution >= 0.6 is 0 Å². The monoisotopic (exact) mass is 305 g/mol. The maximum absolute atomic E-state index is 14.0. The number of carbonyl (C=O) groups is 1. The van der Waals surface area contributed by atoms with Gasteiger partial charge in [0.25, 0.3) is 0 Å². The fraction of sp³-hybridized carbons (Fsp3) is 0.867. The summed E-state index contributed by atoms with van der Waals surface area (Å²) in [5.41, 5.74) is 0. The zero-order valence-electron chi connectivity index (χ0n) is 11.8. The standard InChI is InChI=1S/C15H19F4NO/c1-7-2-12(18)14(13(19)3-7)15(21)8-4-10(16)9(6-20)11(17)5-8/h7-14H,2-5H2,1H3. The predicted molar refractivity (Wildman–Crippen MR) is 68.3 cm³/mol. The lowest BCUT2D eigenvalue weighted by Crippen LogP contribution is -2.46. The highest BCUT2D eigenvalue weighted by Crippen LogP contribution is 2.40. The van der Waals surface area contributed by atoms with Crippen molar-refractivity contribution < 1.29 is 22.4 Å². The van der Waals surface area contributed by atoms with Crippen molar-refractivity contribution in [3.8, 4) is 6.07 Å². The van der Waals surface area contributed by atoms with Crippen molar-refractivity contribution in [1.82, 2.24) is 0 Å². The smallest absolute Gasteiger partial charge is 0.145 e. The summed E-state index contributed by atoms with van der Waals surface area (Å²) in [7, 11) is 0. The van der Waals surface area contributed by atoms with Crippen LogP contribution in [0.2, 0.25) is 0 Å². The van der Waals surface area contributed by atoms with Crippen LogP contribution in [0.4, 0.5) is 17.6 Å². The second-order valence-corrected chi connectivity index (χ2v) is 6.39. The van der Waals surface area contributed by atoms with E-state index in [1.165, 1.54) is 0 Å². The Morgan fingerprint density at radius 2 is 1.43 bits per heavy atom. The first-order chi connectivity index (χ1) is 9.85. The van der Waals surface area contributed by atoms with Gasteiger partial charge < -0.3 is 0 Å². The number of halogens is 4. The molecule has 0 bridgehead atoms. The summed E-state index contributed by atoms with van der Waals surface area (Å²) in [5.74, 6) is -4.69. The zero-order chi connectivity index (χ0) is 15.7. The molecule has 6 heteroatoms. The highest BCUT2D eigenvalue weighted by atomic mass is 19.2. The molecule has 0 N–H and O–H groups in total. The molecule has 2 aliphatic carbocycles. The minimum atomic E-state index is -1.76. The molecule has 0 saturated heterocycles. The van der Waals surface area contributed by atoms with Gasteiger partial charge >= 0.3 is 0 Å². The molecule has 0 radical (unpaired) electrons. The van der Waals surface area contributed by atoms with Crippen LogP contribution in [-0.2, 0) is 4.79 Å². The molecule has 0 heterocycles. The Labute approximate surface area is 121 Å². The topological polar surface area (TPSA) is 40.9 Å². The van der Waals surface area contributed by atoms with Gasteiger partial charge in [-0.3, -0.25) is 4.79 Å². The molecule has 2 fully saturated rings. The normalized spacial score (nSPS) is 47.6. The fourth-order valence-corrected chi connectivity index (χ4v) is 3.57. The van der Waals surface area contributed by atoms with E-state index in [4.69, 9.17) is 5.26 Å². The van der Waals surface area contributed by atoms with E-state index in [2.05, 4.69) is 0 Å². The molecule has 0 spiro atoms. The number of nitrogens with zero attached hydrogens (tertiary/aromatic N) is 1. The van der Waals surface area contributed by atoms with E-state index >= 15 is 0 Å². The summed E-state index contributed by atoms with van der Waals surface area (Å²) < 4.78 is 55.4. The lowest BCUT2D eigenvalue weighted by Gasteiger charge is -2.36. The number of Topliss-reactive ketones (excluding diaryl/α,β-unsaturated/α-hetero) is 1. The Balaban J connectivity index is 2.08. The largest absolute Gasteiger partial charge is 0.299 e. The molecule has 2 aliphatic rings. The third kappa shape index (κ3) is 3.22. The number of rotatable bonds is 2. The van der Waals surface area contributed by atoms with E-state index in [-0.39, 0.29) is 31.6 Å². The first-order valence-electron chi connectivity index (χ1n) is 7.34. The number of ketones is 1. The average molecular weight is 305 g/mol. The summed E-state index contributed by atoms with van der Waals surface area (Å²) in [4.78, 5) is 12.3. The molecule has 2 nitrogen and oxygen atoms in total. The van der Waals surface area contributed by atoms with Crippen LogP contribution in [-0.4, -0.2) is 30.5 Å². The maximum Gasteiger partial charge on any atom is 0.145 e. The maximum atomic E-state index is 14.0. The third-order valence-electron chi connectivity index (χ3n) is 4.71. The molecule has 0 aliphatic heterocycles. The van der Waals surface area contributed by atoms with Crippen LogP contribution in [0.15, 0.2) is 0 Å². The van der Waals surface area contributed by atoms with Crippen molar-refractivity contribution in [2.75, 3.05) is 0 Å². The fourth-order valence-electron chi connectivity index (χ4n) is 3.57. The highest BCUT2D eigenvalue weighted by Gasteiger charge is 2.48. The molecule has 2 saturated carbocycles. The van der Waals surface area contributed by atoms with Gasteiger partial charge in [0.1, 0.15) is 36.4 Å². The van der Waals surface area contributed by atoms with Crippen LogP contribution in [0.1, 0.15) is 32.6 Å². The predicted octanol–water partition coefficient (Wildman–Crippen LogP) is 3.50. The molecular weight excluding hydrogens is 286 g/mol. The van der Waals surface area contributed by atoms with Crippen molar-refractivity contribution >= 4 is 5.78 Å². The first-order valence-corrected chi connectivity index (χ1v) is 7.34. The number of alkyl halides is 4. The van der Waals surface area contributed by atoms with E-state index in [0.29, 0.717) is 0 Å². The van der Waals surface area contributed by atoms with Gasteiger partial charge in [0.2, 0.25) is 0 Å². The number of carbonyl (C=O) groups excluding carboxylic acids is 1. The number of hydrogen-bond acceptors (Lipinski definition) is 2. The van der Waals surface area contributed by atoms with E-state index < -0.39 is 48.2 Å². The van der Waals surface area contributed by atoms with Crippen molar-refractivity contribution in [2.45, 2.75) is 57.3 Å². The zero-order valence-corrected chi connectivity index (χ0v) is 11.8. The van der Waals surface area contributed by atoms with E-state index in [1.807, 2.05) is 0 Å². The van der Waals surface area contributed by atoms with Gasteiger partial charge in [-0.05, 0) is 31.6 Å². The Morgan fingerprint density at radius 1 is 0.952 bits per heavy atom. The number of nitriles is 1. The molecular formula is C15H19F4NO. The highest BCUT2D eigenvalue weighted by molar-refractivity contribution is 5.85. The molecule has 0 aromatic carbocycles. The van der Waals surface area contributed by atoms with Gasteiger partial charge in [-0.2, -0.15) is 5.26 Å². The third-order valence-corrected chi connectivity index (χ3v) is 4.71. The van der Waals surface area contributed by atoms with Gasteiger partial charge in [-0.15, -0.1) is 0 Å². The second-order valence-electron chi connectivity index (χ2n) is 6.39. The Hall–Kier alpha value is -1.12. The molecule has 0 aromatic heterocycles. The average Bonchev–Trinajstić information content (AvgIpc) is 2.36. The van der Waals surface area contributed by atoms with E-state index in [0.717, 1.165) is 0 Å². The molecule has 4 atom stereocenters. The summed E-state index contributed by atoms with van der Waals surface area (Å²) in [5, 5.41) is 8.68. The lowest BCUT2D eigenvalue weighted by molar-refractivity contribution is -0.137. The van der Waals surface area contributed by atoms with Gasteiger partial charge in [-0.1, -0.05) is 6.92 Å². The summed E-state index contributed by atoms with van der Waals surface area (Å²) in [6, 6.07) is 1.56. The summed E-state index contributed by atoms with van der Waals surface area (Å²) in [6.07, 6.45) is -7.14. The van der Waals surface area contributed by atoms with E-state index in [9.17, 15) is 22.4 Å². The van der Waals surface area contributed by atoms with Gasteiger partial charge in [0.15, 0.2) is 0 Å². The Kier molecular flexibility index (Phi) is 4.90. The molecule has 21 heavy (non-hydrogen) atoms. The number of hydrogen-bond donors (Lipinski definition) is 0. The quantitative estimate of drug-likeness (QED) is 0.733. The van der Waals surface area contributed by atoms with Crippen molar-refractivity contribution in [3.63, 3.8) is 0 Å². The minimum Gasteiger partial charge on any atom is -0.299 e. The van der Waals surface area contributed by atoms with Gasteiger partial charge in [0, 0.05) is 5.92 Å². The van der Waals surface area contributed by atoms with Crippen LogP contribution in [0.3, 0.4) is 0 Å². The van der Waals surface area contributed by atoms with Gasteiger partial charge in [-0.25, -0.2) is 17.6 Å². The molecule has 4 unspecified atom stereocenters. The van der Waals surface area contributed by atoms with Crippen LogP contribution in [0.25, 0.3) is 0 Å². The first kappa shape index (κ1) is 16.3. The molecule has 2 rings (SSSR count). The second kappa shape index (κ2) is 6.33. The van der Waals surface area contributed by atoms with Crippen molar-refractivity contribution in [2.24, 2.45) is 23.7 Å². The van der Waals surface area contributed by atoms with Crippen LogP contribution < -0.4 is 0 Å².